The Balaban J connectivity index is 2.08. The maximum atomic E-state index is 14.1. The molecule has 1 amide bonds. The molecule has 2 N–H and O–H groups in total. The maximum absolute atomic E-state index is 14.1. The van der Waals surface area contributed by atoms with E-state index in [0.29, 0.717) is 21.8 Å². The van der Waals surface area contributed by atoms with Gasteiger partial charge in [0, 0.05) is 27.4 Å². The Morgan fingerprint density at radius 2 is 1.62 bits per heavy atom. The fourth-order valence-electron chi connectivity index (χ4n) is 3.34. The lowest BCUT2D eigenvalue weighted by molar-refractivity contribution is 0.100. The van der Waals surface area contributed by atoms with Crippen LogP contribution in [0.1, 0.15) is 15.9 Å². The number of hydrogen-bond acceptors (Lipinski definition) is 1. The van der Waals surface area contributed by atoms with E-state index in [9.17, 15) is 18.0 Å². The van der Waals surface area contributed by atoms with Crippen molar-refractivity contribution in [2.24, 2.45) is 5.73 Å². The summed E-state index contributed by atoms with van der Waals surface area (Å²) in [5.74, 6) is -2.48. The van der Waals surface area contributed by atoms with Gasteiger partial charge in [-0.2, -0.15) is 0 Å². The number of nitrogens with two attached hydrogens (primary N) is 1. The first-order valence-electron chi connectivity index (χ1n) is 7.90. The second kappa shape index (κ2) is 5.91. The van der Waals surface area contributed by atoms with Crippen LogP contribution < -0.4 is 5.73 Å². The molecule has 3 nitrogen and oxygen atoms in total. The first kappa shape index (κ1) is 16.2. The van der Waals surface area contributed by atoms with Crippen LogP contribution in [0.4, 0.5) is 13.2 Å². The van der Waals surface area contributed by atoms with Gasteiger partial charge in [0.1, 0.15) is 17.5 Å². The predicted octanol–water partition coefficient (Wildman–Crippen LogP) is 4.36. The molecular weight excluding hydrogens is 341 g/mol. The highest BCUT2D eigenvalue weighted by atomic mass is 19.1. The maximum Gasteiger partial charge on any atom is 0.249 e. The summed E-state index contributed by atoms with van der Waals surface area (Å²) in [6.07, 6.45) is 0. The molecule has 26 heavy (non-hydrogen) atoms. The molecule has 3 aromatic carbocycles. The zero-order valence-corrected chi connectivity index (χ0v) is 13.5. The van der Waals surface area contributed by atoms with E-state index in [0.717, 1.165) is 0 Å². The van der Waals surface area contributed by atoms with Crippen molar-refractivity contribution in [2.75, 3.05) is 0 Å². The van der Waals surface area contributed by atoms with E-state index >= 15 is 0 Å². The molecular formula is C20H13F3N2O. The largest absolute Gasteiger partial charge is 0.366 e. The summed E-state index contributed by atoms with van der Waals surface area (Å²) < 4.78 is 43.7. The Hall–Kier alpha value is -3.28. The Morgan fingerprint density at radius 3 is 2.31 bits per heavy atom. The van der Waals surface area contributed by atoms with E-state index in [2.05, 4.69) is 0 Å². The summed E-state index contributed by atoms with van der Waals surface area (Å²) >= 11 is 0. The molecule has 0 radical (unpaired) electrons. The highest BCUT2D eigenvalue weighted by molar-refractivity contribution is 6.17. The SMILES string of the molecule is NC(=O)c1cccc2c1c1cc(F)ccc1n2Cc1c(F)cccc1F. The van der Waals surface area contributed by atoms with Gasteiger partial charge in [0.05, 0.1) is 12.1 Å². The smallest absolute Gasteiger partial charge is 0.249 e. The number of aromatic nitrogens is 1. The Bertz CT molecular complexity index is 1160. The van der Waals surface area contributed by atoms with Gasteiger partial charge >= 0.3 is 0 Å². The zero-order chi connectivity index (χ0) is 18.4. The van der Waals surface area contributed by atoms with Crippen molar-refractivity contribution in [3.8, 4) is 0 Å². The standard InChI is InChI=1S/C20H13F3N2O/c21-11-7-8-17-13(9-11)19-12(20(24)26)3-1-6-18(19)25(17)10-14-15(22)4-2-5-16(14)23/h1-9H,10H2,(H2,24,26). The van der Waals surface area contributed by atoms with Gasteiger partial charge in [0.15, 0.2) is 0 Å². The molecule has 0 saturated carbocycles. The van der Waals surface area contributed by atoms with Crippen LogP contribution in [0, 0.1) is 17.5 Å². The summed E-state index contributed by atoms with van der Waals surface area (Å²) in [7, 11) is 0. The van der Waals surface area contributed by atoms with Gasteiger partial charge in [-0.05, 0) is 42.5 Å². The van der Waals surface area contributed by atoms with Gasteiger partial charge in [0.2, 0.25) is 5.91 Å². The van der Waals surface area contributed by atoms with Crippen molar-refractivity contribution in [3.63, 3.8) is 0 Å². The molecule has 0 aliphatic carbocycles. The Kier molecular flexibility index (Phi) is 3.68. The number of carbonyl (C=O) groups excluding carboxylic acids is 1. The van der Waals surface area contributed by atoms with Gasteiger partial charge in [-0.15, -0.1) is 0 Å². The van der Waals surface area contributed by atoms with E-state index in [4.69, 9.17) is 5.73 Å². The van der Waals surface area contributed by atoms with Crippen molar-refractivity contribution in [3.05, 3.63) is 83.2 Å². The van der Waals surface area contributed by atoms with Crippen molar-refractivity contribution in [2.45, 2.75) is 6.54 Å². The van der Waals surface area contributed by atoms with Crippen molar-refractivity contribution in [1.82, 2.24) is 4.57 Å². The second-order valence-corrected chi connectivity index (χ2v) is 6.01. The number of amides is 1. The normalized spacial score (nSPS) is 11.3. The molecule has 0 saturated heterocycles. The molecule has 130 valence electrons. The van der Waals surface area contributed by atoms with Crippen LogP contribution in [-0.4, -0.2) is 10.5 Å². The lowest BCUT2D eigenvalue weighted by Crippen LogP contribution is -2.11. The summed E-state index contributed by atoms with van der Waals surface area (Å²) in [4.78, 5) is 11.8. The quantitative estimate of drug-likeness (QED) is 0.584. The predicted molar refractivity (Wildman–Crippen MR) is 93.4 cm³/mol. The van der Waals surface area contributed by atoms with Crippen molar-refractivity contribution >= 4 is 27.7 Å². The fourth-order valence-corrected chi connectivity index (χ4v) is 3.34. The second-order valence-electron chi connectivity index (χ2n) is 6.01. The van der Waals surface area contributed by atoms with Crippen LogP contribution >= 0.6 is 0 Å². The fraction of sp³-hybridized carbons (Fsp3) is 0.0500. The molecule has 0 bridgehead atoms. The molecule has 1 heterocycles. The summed E-state index contributed by atoms with van der Waals surface area (Å²) in [6.45, 7) is -0.105. The number of hydrogen-bond donors (Lipinski definition) is 1. The number of carbonyl (C=O) groups is 1. The summed E-state index contributed by atoms with van der Waals surface area (Å²) in [5.41, 5.74) is 6.67. The number of fused-ring (bicyclic) bond motifs is 3. The molecule has 0 aliphatic heterocycles. The van der Waals surface area contributed by atoms with E-state index in [-0.39, 0.29) is 17.7 Å². The number of halogens is 3. The highest BCUT2D eigenvalue weighted by Crippen LogP contribution is 2.33. The minimum atomic E-state index is -0.673. The monoisotopic (exact) mass is 354 g/mol. The van der Waals surface area contributed by atoms with Crippen LogP contribution in [0.5, 0.6) is 0 Å². The minimum Gasteiger partial charge on any atom is -0.366 e. The van der Waals surface area contributed by atoms with Gasteiger partial charge in [-0.1, -0.05) is 12.1 Å². The highest BCUT2D eigenvalue weighted by Gasteiger charge is 2.19. The lowest BCUT2D eigenvalue weighted by Gasteiger charge is -2.10. The minimum absolute atomic E-state index is 0.105. The average Bonchev–Trinajstić information content (AvgIpc) is 2.91. The first-order valence-corrected chi connectivity index (χ1v) is 7.90. The Morgan fingerprint density at radius 1 is 0.923 bits per heavy atom. The Labute approximate surface area is 146 Å². The van der Waals surface area contributed by atoms with Crippen LogP contribution in [-0.2, 0) is 6.54 Å². The molecule has 0 unspecified atom stereocenters. The number of primary amides is 1. The molecule has 4 aromatic rings. The van der Waals surface area contributed by atoms with Crippen molar-refractivity contribution in [1.29, 1.82) is 0 Å². The third-order valence-corrected chi connectivity index (χ3v) is 4.50. The van der Waals surface area contributed by atoms with Gasteiger partial charge in [-0.3, -0.25) is 4.79 Å². The number of rotatable bonds is 3. The van der Waals surface area contributed by atoms with Crippen LogP contribution in [0.2, 0.25) is 0 Å². The van der Waals surface area contributed by atoms with Gasteiger partial charge < -0.3 is 10.3 Å². The summed E-state index contributed by atoms with van der Waals surface area (Å²) in [5, 5.41) is 0.928. The molecule has 0 atom stereocenters. The number of benzene rings is 3. The van der Waals surface area contributed by atoms with Gasteiger partial charge in [-0.25, -0.2) is 13.2 Å². The molecule has 6 heteroatoms. The average molecular weight is 354 g/mol. The van der Waals surface area contributed by atoms with E-state index in [1.807, 2.05) is 0 Å². The van der Waals surface area contributed by atoms with Crippen LogP contribution in [0.15, 0.2) is 54.6 Å². The number of nitrogens with zero attached hydrogens (tertiary/aromatic N) is 1. The molecule has 0 fully saturated rings. The van der Waals surface area contributed by atoms with Crippen LogP contribution in [0.3, 0.4) is 0 Å². The molecule has 4 rings (SSSR count). The lowest BCUT2D eigenvalue weighted by atomic mass is 10.1. The molecule has 0 aliphatic rings. The molecule has 1 aromatic heterocycles. The summed E-state index contributed by atoms with van der Waals surface area (Å²) in [6, 6.07) is 12.6. The zero-order valence-electron chi connectivity index (χ0n) is 13.5. The topological polar surface area (TPSA) is 48.0 Å². The van der Waals surface area contributed by atoms with Crippen molar-refractivity contribution < 1.29 is 18.0 Å². The van der Waals surface area contributed by atoms with E-state index in [1.165, 1.54) is 36.4 Å². The van der Waals surface area contributed by atoms with E-state index in [1.54, 1.807) is 22.8 Å². The van der Waals surface area contributed by atoms with Crippen LogP contribution in [0.25, 0.3) is 21.8 Å². The third kappa shape index (κ3) is 2.42. The van der Waals surface area contributed by atoms with E-state index < -0.39 is 23.4 Å². The molecule has 0 spiro atoms. The third-order valence-electron chi connectivity index (χ3n) is 4.50. The van der Waals surface area contributed by atoms with Gasteiger partial charge in [0.25, 0.3) is 0 Å². The first-order chi connectivity index (χ1) is 12.5.